The van der Waals surface area contributed by atoms with Gasteiger partial charge >= 0.3 is 0 Å². The van der Waals surface area contributed by atoms with Crippen LogP contribution in [0.25, 0.3) is 0 Å². The van der Waals surface area contributed by atoms with Gasteiger partial charge in [-0.1, -0.05) is 0 Å². The third kappa shape index (κ3) is 3.06. The Balaban J connectivity index is 2.03. The number of primary amides is 1. The summed E-state index contributed by atoms with van der Waals surface area (Å²) >= 11 is 3.41. The first kappa shape index (κ1) is 15.1. The number of piperidine rings is 1. The van der Waals surface area contributed by atoms with Crippen LogP contribution in [0.3, 0.4) is 0 Å². The number of nitrogens with zero attached hydrogens (tertiary/aromatic N) is 1. The maximum absolute atomic E-state index is 12.5. The highest BCUT2D eigenvalue weighted by atomic mass is 79.9. The lowest BCUT2D eigenvalue weighted by Gasteiger charge is -2.31. The minimum absolute atomic E-state index is 0.0104. The Morgan fingerprint density at radius 2 is 1.90 bits per heavy atom. The van der Waals surface area contributed by atoms with E-state index in [1.165, 1.54) is 0 Å². The average Bonchev–Trinajstić information content (AvgIpc) is 2.63. The molecule has 2 rings (SSSR count). The second-order valence-corrected chi connectivity index (χ2v) is 6.10. The molecule has 0 saturated carbocycles. The van der Waals surface area contributed by atoms with Crippen molar-refractivity contribution < 1.29 is 14.0 Å². The highest BCUT2D eigenvalue weighted by Gasteiger charge is 2.28. The van der Waals surface area contributed by atoms with Gasteiger partial charge in [0.05, 0.1) is 10.0 Å². The Kier molecular flexibility index (Phi) is 4.52. The minimum atomic E-state index is -0.265. The quantitative estimate of drug-likeness (QED) is 0.915. The predicted octanol–water partition coefficient (Wildman–Crippen LogP) is 2.39. The predicted molar refractivity (Wildman–Crippen MR) is 78.3 cm³/mol. The van der Waals surface area contributed by atoms with E-state index < -0.39 is 0 Å². The molecule has 1 aliphatic heterocycles. The van der Waals surface area contributed by atoms with Crippen molar-refractivity contribution in [3.05, 3.63) is 21.6 Å². The van der Waals surface area contributed by atoms with Crippen LogP contribution in [0.1, 0.15) is 41.1 Å². The SMILES string of the molecule is Cc1oc(C)c(C(=O)N2CCC(CC(N)=O)CC2)c1Br. The first-order valence-electron chi connectivity index (χ1n) is 6.73. The van der Waals surface area contributed by atoms with Gasteiger partial charge in [-0.15, -0.1) is 0 Å². The monoisotopic (exact) mass is 342 g/mol. The second-order valence-electron chi connectivity index (χ2n) is 5.31. The van der Waals surface area contributed by atoms with Crippen LogP contribution in [0.2, 0.25) is 0 Å². The number of likely N-dealkylation sites (tertiary alicyclic amines) is 1. The van der Waals surface area contributed by atoms with Crippen molar-refractivity contribution >= 4 is 27.7 Å². The zero-order valence-corrected chi connectivity index (χ0v) is 13.3. The smallest absolute Gasteiger partial charge is 0.258 e. The summed E-state index contributed by atoms with van der Waals surface area (Å²) in [6, 6.07) is 0. The van der Waals surface area contributed by atoms with E-state index in [2.05, 4.69) is 15.9 Å². The van der Waals surface area contributed by atoms with Gasteiger partial charge in [-0.25, -0.2) is 0 Å². The maximum atomic E-state index is 12.5. The number of furan rings is 1. The summed E-state index contributed by atoms with van der Waals surface area (Å²) in [5.41, 5.74) is 5.82. The van der Waals surface area contributed by atoms with Crippen LogP contribution in [0.15, 0.2) is 8.89 Å². The zero-order valence-electron chi connectivity index (χ0n) is 11.7. The standard InChI is InChI=1S/C14H19BrN2O3/c1-8-12(13(15)9(2)20-8)14(19)17-5-3-10(4-6-17)7-11(16)18/h10H,3-7H2,1-2H3,(H2,16,18). The molecule has 1 aromatic heterocycles. The molecule has 2 heterocycles. The van der Waals surface area contributed by atoms with E-state index in [4.69, 9.17) is 10.2 Å². The molecule has 1 saturated heterocycles. The Hall–Kier alpha value is -1.30. The summed E-state index contributed by atoms with van der Waals surface area (Å²) in [6.45, 7) is 4.94. The molecule has 110 valence electrons. The Labute approximate surface area is 126 Å². The molecular weight excluding hydrogens is 324 g/mol. The average molecular weight is 343 g/mol. The summed E-state index contributed by atoms with van der Waals surface area (Å²) in [5, 5.41) is 0. The summed E-state index contributed by atoms with van der Waals surface area (Å²) in [5.74, 6) is 1.38. The molecule has 1 fully saturated rings. The summed E-state index contributed by atoms with van der Waals surface area (Å²) in [7, 11) is 0. The number of hydrogen-bond donors (Lipinski definition) is 1. The van der Waals surface area contributed by atoms with Gasteiger partial charge in [-0.3, -0.25) is 9.59 Å². The summed E-state index contributed by atoms with van der Waals surface area (Å²) < 4.78 is 6.21. The molecule has 5 nitrogen and oxygen atoms in total. The normalized spacial score (nSPS) is 16.4. The highest BCUT2D eigenvalue weighted by Crippen LogP contribution is 2.30. The van der Waals surface area contributed by atoms with Crippen LogP contribution >= 0.6 is 15.9 Å². The lowest BCUT2D eigenvalue weighted by atomic mass is 9.93. The number of amides is 2. The van der Waals surface area contributed by atoms with E-state index in [1.807, 2.05) is 11.8 Å². The third-order valence-electron chi connectivity index (χ3n) is 3.79. The lowest BCUT2D eigenvalue weighted by molar-refractivity contribution is -0.119. The molecule has 0 spiro atoms. The van der Waals surface area contributed by atoms with Crippen LogP contribution in [0.4, 0.5) is 0 Å². The van der Waals surface area contributed by atoms with E-state index in [0.29, 0.717) is 36.8 Å². The molecular formula is C14H19BrN2O3. The van der Waals surface area contributed by atoms with E-state index >= 15 is 0 Å². The molecule has 2 N–H and O–H groups in total. The molecule has 1 aromatic rings. The van der Waals surface area contributed by atoms with Gasteiger partial charge in [0.25, 0.3) is 5.91 Å². The number of rotatable bonds is 3. The maximum Gasteiger partial charge on any atom is 0.258 e. The molecule has 0 unspecified atom stereocenters. The second kappa shape index (κ2) is 5.99. The van der Waals surface area contributed by atoms with Crippen LogP contribution in [-0.4, -0.2) is 29.8 Å². The molecule has 0 atom stereocenters. The van der Waals surface area contributed by atoms with Gasteiger partial charge in [0.1, 0.15) is 11.5 Å². The zero-order chi connectivity index (χ0) is 14.9. The fourth-order valence-electron chi connectivity index (χ4n) is 2.68. The van der Waals surface area contributed by atoms with Crippen molar-refractivity contribution in [2.45, 2.75) is 33.1 Å². The lowest BCUT2D eigenvalue weighted by Crippen LogP contribution is -2.39. The number of aryl methyl sites for hydroxylation is 2. The van der Waals surface area contributed by atoms with Gasteiger partial charge in [0.2, 0.25) is 5.91 Å². The minimum Gasteiger partial charge on any atom is -0.465 e. The molecule has 6 heteroatoms. The number of nitrogens with two attached hydrogens (primary N) is 1. The van der Waals surface area contributed by atoms with E-state index in [9.17, 15) is 9.59 Å². The van der Waals surface area contributed by atoms with Gasteiger partial charge < -0.3 is 15.1 Å². The molecule has 20 heavy (non-hydrogen) atoms. The molecule has 1 aliphatic rings. The fourth-order valence-corrected chi connectivity index (χ4v) is 3.21. The molecule has 2 amide bonds. The van der Waals surface area contributed by atoms with Crippen LogP contribution in [0.5, 0.6) is 0 Å². The van der Waals surface area contributed by atoms with Crippen LogP contribution < -0.4 is 5.73 Å². The molecule has 0 aromatic carbocycles. The highest BCUT2D eigenvalue weighted by molar-refractivity contribution is 9.10. The van der Waals surface area contributed by atoms with E-state index in [0.717, 1.165) is 23.1 Å². The number of carbonyl (C=O) groups excluding carboxylic acids is 2. The molecule has 0 aliphatic carbocycles. The first-order valence-corrected chi connectivity index (χ1v) is 7.52. The summed E-state index contributed by atoms with van der Waals surface area (Å²) in [4.78, 5) is 25.3. The molecule has 0 radical (unpaired) electrons. The Bertz CT molecular complexity index is 531. The van der Waals surface area contributed by atoms with E-state index in [-0.39, 0.29) is 11.8 Å². The third-order valence-corrected chi connectivity index (χ3v) is 4.75. The topological polar surface area (TPSA) is 76.5 Å². The van der Waals surface area contributed by atoms with Crippen molar-refractivity contribution in [3.63, 3.8) is 0 Å². The van der Waals surface area contributed by atoms with Gasteiger partial charge in [0, 0.05) is 19.5 Å². The number of halogens is 1. The van der Waals surface area contributed by atoms with Crippen molar-refractivity contribution in [1.29, 1.82) is 0 Å². The van der Waals surface area contributed by atoms with Gasteiger partial charge in [-0.05, 0) is 48.5 Å². The number of carbonyl (C=O) groups is 2. The summed E-state index contributed by atoms with van der Waals surface area (Å²) in [6.07, 6.45) is 2.06. The Morgan fingerprint density at radius 1 is 1.30 bits per heavy atom. The van der Waals surface area contributed by atoms with Crippen molar-refractivity contribution in [3.8, 4) is 0 Å². The first-order chi connectivity index (χ1) is 9.40. The Morgan fingerprint density at radius 3 is 2.35 bits per heavy atom. The van der Waals surface area contributed by atoms with Crippen LogP contribution in [0, 0.1) is 19.8 Å². The number of hydrogen-bond acceptors (Lipinski definition) is 3. The fraction of sp³-hybridized carbons (Fsp3) is 0.571. The van der Waals surface area contributed by atoms with Crippen molar-refractivity contribution in [2.24, 2.45) is 11.7 Å². The van der Waals surface area contributed by atoms with Crippen LogP contribution in [-0.2, 0) is 4.79 Å². The van der Waals surface area contributed by atoms with Gasteiger partial charge in [0.15, 0.2) is 0 Å². The van der Waals surface area contributed by atoms with Crippen molar-refractivity contribution in [1.82, 2.24) is 4.90 Å². The van der Waals surface area contributed by atoms with E-state index in [1.54, 1.807) is 6.92 Å². The molecule has 0 bridgehead atoms. The van der Waals surface area contributed by atoms with Crippen molar-refractivity contribution in [2.75, 3.05) is 13.1 Å². The van der Waals surface area contributed by atoms with Gasteiger partial charge in [-0.2, -0.15) is 0 Å². The largest absolute Gasteiger partial charge is 0.465 e.